The van der Waals surface area contributed by atoms with Crippen molar-refractivity contribution in [2.75, 3.05) is 7.05 Å². The molecular formula is C5H7BrN4O. The van der Waals surface area contributed by atoms with Crippen LogP contribution in [0.2, 0.25) is 0 Å². The van der Waals surface area contributed by atoms with E-state index >= 15 is 0 Å². The van der Waals surface area contributed by atoms with Crippen LogP contribution in [0.15, 0.2) is 4.60 Å². The fourth-order valence-corrected chi connectivity index (χ4v) is 1.13. The van der Waals surface area contributed by atoms with E-state index in [9.17, 15) is 4.79 Å². The largest absolute Gasteiger partial charge is 0.354 e. The van der Waals surface area contributed by atoms with E-state index < -0.39 is 0 Å². The summed E-state index contributed by atoms with van der Waals surface area (Å²) in [4.78, 5) is 12.3. The number of carbonyl (C=O) groups excluding carboxylic acids is 1. The lowest BCUT2D eigenvalue weighted by molar-refractivity contribution is 0.0956. The Bertz CT molecular complexity index is 282. The quantitative estimate of drug-likeness (QED) is 0.719. The van der Waals surface area contributed by atoms with Gasteiger partial charge in [0.05, 0.1) is 0 Å². The minimum Gasteiger partial charge on any atom is -0.354 e. The predicted octanol–water partition coefficient (Wildman–Crippen LogP) is -0.0628. The van der Waals surface area contributed by atoms with Crippen molar-refractivity contribution in [3.63, 3.8) is 0 Å². The van der Waals surface area contributed by atoms with Crippen molar-refractivity contribution in [3.05, 3.63) is 10.3 Å². The number of nitrogens with zero attached hydrogens (tertiary/aromatic N) is 3. The van der Waals surface area contributed by atoms with Crippen LogP contribution >= 0.6 is 15.9 Å². The first kappa shape index (κ1) is 8.19. The summed E-state index contributed by atoms with van der Waals surface area (Å²) in [6.07, 6.45) is 0. The zero-order valence-corrected chi connectivity index (χ0v) is 7.71. The maximum atomic E-state index is 11.0. The molecule has 0 aliphatic heterocycles. The lowest BCUT2D eigenvalue weighted by Crippen LogP contribution is -2.19. The van der Waals surface area contributed by atoms with Gasteiger partial charge in [0, 0.05) is 14.1 Å². The first-order chi connectivity index (χ1) is 5.15. The Morgan fingerprint density at radius 1 is 1.64 bits per heavy atom. The molecule has 1 heterocycles. The van der Waals surface area contributed by atoms with Crippen molar-refractivity contribution in [3.8, 4) is 0 Å². The molecule has 1 rings (SSSR count). The number of halogens is 1. The molecule has 0 unspecified atom stereocenters. The van der Waals surface area contributed by atoms with E-state index in [2.05, 4.69) is 31.4 Å². The van der Waals surface area contributed by atoms with Crippen LogP contribution in [0.4, 0.5) is 0 Å². The van der Waals surface area contributed by atoms with Gasteiger partial charge in [-0.25, -0.2) is 0 Å². The van der Waals surface area contributed by atoms with Gasteiger partial charge in [0.15, 0.2) is 10.3 Å². The Kier molecular flexibility index (Phi) is 2.23. The third-order valence-corrected chi connectivity index (χ3v) is 1.65. The highest BCUT2D eigenvalue weighted by molar-refractivity contribution is 9.10. The molecular weight excluding hydrogens is 212 g/mol. The molecule has 0 spiro atoms. The van der Waals surface area contributed by atoms with Crippen molar-refractivity contribution < 1.29 is 4.79 Å². The molecule has 0 fully saturated rings. The molecule has 0 saturated carbocycles. The van der Waals surface area contributed by atoms with Crippen molar-refractivity contribution in [1.29, 1.82) is 0 Å². The number of hydrogen-bond acceptors (Lipinski definition) is 3. The van der Waals surface area contributed by atoms with Gasteiger partial charge < -0.3 is 5.32 Å². The van der Waals surface area contributed by atoms with Crippen LogP contribution in [0.1, 0.15) is 10.5 Å². The van der Waals surface area contributed by atoms with E-state index in [-0.39, 0.29) is 5.91 Å². The molecule has 0 aliphatic rings. The summed E-state index contributed by atoms with van der Waals surface area (Å²) < 4.78 is 0.458. The number of aryl methyl sites for hydroxylation is 1. The Morgan fingerprint density at radius 2 is 2.27 bits per heavy atom. The average Bonchev–Trinajstić information content (AvgIpc) is 2.28. The van der Waals surface area contributed by atoms with Crippen molar-refractivity contribution >= 4 is 21.8 Å². The minimum atomic E-state index is -0.245. The monoisotopic (exact) mass is 218 g/mol. The fourth-order valence-electron chi connectivity index (χ4n) is 0.640. The fraction of sp³-hybridized carbons (Fsp3) is 0.400. The van der Waals surface area contributed by atoms with Gasteiger partial charge >= 0.3 is 0 Å². The van der Waals surface area contributed by atoms with E-state index in [4.69, 9.17) is 0 Å². The number of carbonyl (C=O) groups is 1. The highest BCUT2D eigenvalue weighted by Gasteiger charge is 2.13. The van der Waals surface area contributed by atoms with Gasteiger partial charge in [-0.05, 0) is 15.9 Å². The van der Waals surface area contributed by atoms with Gasteiger partial charge in [-0.15, -0.1) is 10.2 Å². The third kappa shape index (κ3) is 1.56. The average molecular weight is 219 g/mol. The molecule has 0 atom stereocenters. The van der Waals surface area contributed by atoms with E-state index in [1.165, 1.54) is 4.80 Å². The van der Waals surface area contributed by atoms with Crippen LogP contribution < -0.4 is 5.32 Å². The van der Waals surface area contributed by atoms with Crippen LogP contribution in [0.5, 0.6) is 0 Å². The number of amides is 1. The molecule has 0 saturated heterocycles. The maximum absolute atomic E-state index is 11.0. The summed E-state index contributed by atoms with van der Waals surface area (Å²) in [5, 5.41) is 10.1. The van der Waals surface area contributed by atoms with Crippen molar-refractivity contribution in [2.45, 2.75) is 0 Å². The molecule has 1 aromatic rings. The second-order valence-corrected chi connectivity index (χ2v) is 2.66. The van der Waals surface area contributed by atoms with Crippen LogP contribution in [0.25, 0.3) is 0 Å². The van der Waals surface area contributed by atoms with Crippen LogP contribution in [-0.4, -0.2) is 27.9 Å². The summed E-state index contributed by atoms with van der Waals surface area (Å²) in [5.41, 5.74) is 0.301. The van der Waals surface area contributed by atoms with Gasteiger partial charge in [0.1, 0.15) is 0 Å². The highest BCUT2D eigenvalue weighted by atomic mass is 79.9. The molecule has 0 bridgehead atoms. The first-order valence-electron chi connectivity index (χ1n) is 2.94. The van der Waals surface area contributed by atoms with Gasteiger partial charge in [-0.1, -0.05) is 0 Å². The molecule has 6 heteroatoms. The predicted molar refractivity (Wildman–Crippen MR) is 42.1 cm³/mol. The van der Waals surface area contributed by atoms with Gasteiger partial charge in [-0.3, -0.25) is 4.79 Å². The molecule has 0 radical (unpaired) electrons. The van der Waals surface area contributed by atoms with Gasteiger partial charge in [-0.2, -0.15) is 4.80 Å². The Balaban J connectivity index is 3.03. The summed E-state index contributed by atoms with van der Waals surface area (Å²) in [5.74, 6) is -0.245. The Hall–Kier alpha value is -0.910. The number of hydrogen-bond donors (Lipinski definition) is 1. The molecule has 1 aromatic heterocycles. The summed E-state index contributed by atoms with van der Waals surface area (Å²) in [6, 6.07) is 0. The van der Waals surface area contributed by atoms with E-state index in [0.29, 0.717) is 10.3 Å². The third-order valence-electron chi connectivity index (χ3n) is 1.11. The number of nitrogens with one attached hydrogen (secondary N) is 1. The number of aromatic nitrogens is 3. The summed E-state index contributed by atoms with van der Waals surface area (Å²) in [7, 11) is 3.20. The van der Waals surface area contributed by atoms with Crippen LogP contribution in [0, 0.1) is 0 Å². The molecule has 0 aliphatic carbocycles. The van der Waals surface area contributed by atoms with Crippen LogP contribution in [0.3, 0.4) is 0 Å². The molecule has 60 valence electrons. The first-order valence-corrected chi connectivity index (χ1v) is 3.73. The SMILES string of the molecule is CNC(=O)c1nn(C)nc1Br. The second-order valence-electron chi connectivity index (χ2n) is 1.91. The zero-order valence-electron chi connectivity index (χ0n) is 6.13. The van der Waals surface area contributed by atoms with Crippen LogP contribution in [-0.2, 0) is 7.05 Å². The Labute approximate surface area is 71.9 Å². The Morgan fingerprint density at radius 3 is 2.64 bits per heavy atom. The van der Waals surface area contributed by atoms with E-state index in [1.807, 2.05) is 0 Å². The lowest BCUT2D eigenvalue weighted by atomic mass is 10.4. The summed E-state index contributed by atoms with van der Waals surface area (Å²) >= 11 is 3.10. The molecule has 0 aromatic carbocycles. The van der Waals surface area contributed by atoms with E-state index in [1.54, 1.807) is 14.1 Å². The van der Waals surface area contributed by atoms with E-state index in [0.717, 1.165) is 0 Å². The van der Waals surface area contributed by atoms with Crippen molar-refractivity contribution in [2.24, 2.45) is 7.05 Å². The van der Waals surface area contributed by atoms with Crippen molar-refractivity contribution in [1.82, 2.24) is 20.3 Å². The smallest absolute Gasteiger partial charge is 0.274 e. The van der Waals surface area contributed by atoms with Gasteiger partial charge in [0.25, 0.3) is 5.91 Å². The molecule has 5 nitrogen and oxygen atoms in total. The maximum Gasteiger partial charge on any atom is 0.274 e. The summed E-state index contributed by atoms with van der Waals surface area (Å²) in [6.45, 7) is 0. The second kappa shape index (κ2) is 3.00. The number of rotatable bonds is 1. The zero-order chi connectivity index (χ0) is 8.43. The normalized spacial score (nSPS) is 9.73. The molecule has 11 heavy (non-hydrogen) atoms. The molecule has 1 N–H and O–H groups in total. The van der Waals surface area contributed by atoms with Gasteiger partial charge in [0.2, 0.25) is 0 Å². The minimum absolute atomic E-state index is 0.245. The highest BCUT2D eigenvalue weighted by Crippen LogP contribution is 2.09. The molecule has 1 amide bonds. The lowest BCUT2D eigenvalue weighted by Gasteiger charge is -1.91. The topological polar surface area (TPSA) is 59.8 Å². The standard InChI is InChI=1S/C5H7BrN4O/c1-7-5(11)3-4(6)9-10(2)8-3/h1-2H3,(H,7,11).